The number of aromatic nitrogens is 1. The van der Waals surface area contributed by atoms with Gasteiger partial charge in [0.1, 0.15) is 5.82 Å². The van der Waals surface area contributed by atoms with E-state index in [0.29, 0.717) is 12.1 Å². The van der Waals surface area contributed by atoms with Crippen LogP contribution < -0.4 is 10.5 Å². The van der Waals surface area contributed by atoms with E-state index in [1.54, 1.807) is 17.6 Å². The lowest BCUT2D eigenvalue weighted by Crippen LogP contribution is -2.23. The van der Waals surface area contributed by atoms with E-state index in [4.69, 9.17) is 0 Å². The van der Waals surface area contributed by atoms with Gasteiger partial charge in [0.05, 0.1) is 5.56 Å². The molecule has 0 saturated carbocycles. The molecule has 0 fully saturated rings. The summed E-state index contributed by atoms with van der Waals surface area (Å²) >= 11 is 0. The van der Waals surface area contributed by atoms with Gasteiger partial charge in [-0.15, -0.1) is 0 Å². The number of likely N-dealkylation sites (N-methyl/N-ethyl adjacent to an activating group) is 1. The number of pyridine rings is 1. The summed E-state index contributed by atoms with van der Waals surface area (Å²) in [5.74, 6) is 1.00. The van der Waals surface area contributed by atoms with Crippen LogP contribution in [0, 0.1) is 0 Å². The van der Waals surface area contributed by atoms with E-state index in [0.717, 1.165) is 17.9 Å². The van der Waals surface area contributed by atoms with Crippen molar-refractivity contribution in [3.8, 4) is 0 Å². The molecule has 92 valence electrons. The molecule has 2 heterocycles. The van der Waals surface area contributed by atoms with Gasteiger partial charge in [-0.1, -0.05) is 13.8 Å². The van der Waals surface area contributed by atoms with Crippen molar-refractivity contribution >= 4 is 11.6 Å². The van der Waals surface area contributed by atoms with Gasteiger partial charge < -0.3 is 4.90 Å². The Morgan fingerprint density at radius 1 is 1.35 bits per heavy atom. The lowest BCUT2D eigenvalue weighted by Gasteiger charge is -2.19. The summed E-state index contributed by atoms with van der Waals surface area (Å²) < 4.78 is 1.70. The maximum absolute atomic E-state index is 12.0. The van der Waals surface area contributed by atoms with Crippen molar-refractivity contribution in [2.75, 3.05) is 18.5 Å². The van der Waals surface area contributed by atoms with E-state index in [-0.39, 0.29) is 17.3 Å². The van der Waals surface area contributed by atoms with Crippen molar-refractivity contribution in [2.45, 2.75) is 33.2 Å². The maximum atomic E-state index is 12.0. The molecule has 0 spiro atoms. The average molecular weight is 234 g/mol. The SMILES string of the molecule is CC(=O)c1c(C(C)C)cc(=O)n2c1N(C)CC2. The Balaban J connectivity index is 2.82. The van der Waals surface area contributed by atoms with Crippen LogP contribution in [0.15, 0.2) is 10.9 Å². The van der Waals surface area contributed by atoms with E-state index in [1.807, 2.05) is 25.8 Å². The third-order valence-corrected chi connectivity index (χ3v) is 3.31. The van der Waals surface area contributed by atoms with Crippen LogP contribution in [-0.2, 0) is 6.54 Å². The summed E-state index contributed by atoms with van der Waals surface area (Å²) in [7, 11) is 1.93. The van der Waals surface area contributed by atoms with Crippen LogP contribution in [0.25, 0.3) is 0 Å². The number of rotatable bonds is 2. The first-order valence-corrected chi connectivity index (χ1v) is 5.93. The smallest absolute Gasteiger partial charge is 0.252 e. The largest absolute Gasteiger partial charge is 0.359 e. The molecular weight excluding hydrogens is 216 g/mol. The first-order valence-electron chi connectivity index (χ1n) is 5.93. The minimum absolute atomic E-state index is 0.00181. The van der Waals surface area contributed by atoms with Crippen LogP contribution in [0.4, 0.5) is 5.82 Å². The maximum Gasteiger partial charge on any atom is 0.252 e. The van der Waals surface area contributed by atoms with Crippen molar-refractivity contribution in [3.05, 3.63) is 27.5 Å². The molecule has 0 unspecified atom stereocenters. The number of anilines is 1. The molecule has 2 rings (SSSR count). The van der Waals surface area contributed by atoms with Crippen molar-refractivity contribution in [3.63, 3.8) is 0 Å². The van der Waals surface area contributed by atoms with Gasteiger partial charge in [0.25, 0.3) is 5.56 Å². The van der Waals surface area contributed by atoms with Crippen LogP contribution in [0.5, 0.6) is 0 Å². The second kappa shape index (κ2) is 4.02. The standard InChI is InChI=1S/C13H18N2O2/c1-8(2)10-7-11(17)15-6-5-14(4)13(15)12(10)9(3)16/h7-8H,5-6H2,1-4H3. The molecule has 0 aliphatic carbocycles. The first kappa shape index (κ1) is 11.9. The number of hydrogen-bond donors (Lipinski definition) is 0. The predicted molar refractivity (Wildman–Crippen MR) is 68.1 cm³/mol. The zero-order valence-electron chi connectivity index (χ0n) is 10.8. The summed E-state index contributed by atoms with van der Waals surface area (Å²) in [6.07, 6.45) is 0. The van der Waals surface area contributed by atoms with E-state index >= 15 is 0 Å². The molecule has 4 nitrogen and oxygen atoms in total. The van der Waals surface area contributed by atoms with Gasteiger partial charge in [0.2, 0.25) is 0 Å². The fraction of sp³-hybridized carbons (Fsp3) is 0.538. The first-order chi connectivity index (χ1) is 7.93. The second-order valence-corrected chi connectivity index (χ2v) is 4.92. The molecule has 4 heteroatoms. The topological polar surface area (TPSA) is 42.3 Å². The Kier molecular flexibility index (Phi) is 2.81. The van der Waals surface area contributed by atoms with Crippen molar-refractivity contribution in [2.24, 2.45) is 0 Å². The highest BCUT2D eigenvalue weighted by Crippen LogP contribution is 2.29. The van der Waals surface area contributed by atoms with Crippen LogP contribution in [-0.4, -0.2) is 23.9 Å². The summed E-state index contributed by atoms with van der Waals surface area (Å²) in [6.45, 7) is 7.04. The van der Waals surface area contributed by atoms with Crippen molar-refractivity contribution in [1.29, 1.82) is 0 Å². The summed E-state index contributed by atoms with van der Waals surface area (Å²) in [6, 6.07) is 1.62. The van der Waals surface area contributed by atoms with Crippen LogP contribution in [0.1, 0.15) is 42.6 Å². The van der Waals surface area contributed by atoms with E-state index in [1.165, 1.54) is 0 Å². The van der Waals surface area contributed by atoms with E-state index < -0.39 is 0 Å². The summed E-state index contributed by atoms with van der Waals surface area (Å²) in [5, 5.41) is 0. The van der Waals surface area contributed by atoms with Gasteiger partial charge >= 0.3 is 0 Å². The molecule has 1 aromatic heterocycles. The average Bonchev–Trinajstić information content (AvgIpc) is 2.60. The minimum Gasteiger partial charge on any atom is -0.359 e. The minimum atomic E-state index is -0.00181. The Hall–Kier alpha value is -1.58. The number of nitrogens with zero attached hydrogens (tertiary/aromatic N) is 2. The summed E-state index contributed by atoms with van der Waals surface area (Å²) in [4.78, 5) is 25.8. The Morgan fingerprint density at radius 2 is 2.00 bits per heavy atom. The number of carbonyl (C=O) groups is 1. The molecule has 0 bridgehead atoms. The quantitative estimate of drug-likeness (QED) is 0.730. The van der Waals surface area contributed by atoms with Crippen LogP contribution in [0.2, 0.25) is 0 Å². The number of Topliss-reactive ketones (excluding diaryl/α,β-unsaturated/α-hetero) is 1. The molecule has 1 aromatic rings. The molecule has 0 saturated heterocycles. The Morgan fingerprint density at radius 3 is 2.53 bits per heavy atom. The van der Waals surface area contributed by atoms with E-state index in [2.05, 4.69) is 0 Å². The van der Waals surface area contributed by atoms with Crippen molar-refractivity contribution in [1.82, 2.24) is 4.57 Å². The number of ketones is 1. The Bertz CT molecular complexity index is 529. The fourth-order valence-electron chi connectivity index (χ4n) is 2.44. The second-order valence-electron chi connectivity index (χ2n) is 4.92. The van der Waals surface area contributed by atoms with E-state index in [9.17, 15) is 9.59 Å². The number of fused-ring (bicyclic) bond motifs is 1. The molecule has 1 aliphatic heterocycles. The third-order valence-electron chi connectivity index (χ3n) is 3.31. The fourth-order valence-corrected chi connectivity index (χ4v) is 2.44. The normalized spacial score (nSPS) is 14.3. The van der Waals surface area contributed by atoms with Gasteiger partial charge in [0, 0.05) is 26.2 Å². The van der Waals surface area contributed by atoms with Crippen LogP contribution in [0.3, 0.4) is 0 Å². The summed E-state index contributed by atoms with van der Waals surface area (Å²) in [5.41, 5.74) is 1.57. The third kappa shape index (κ3) is 1.77. The number of carbonyl (C=O) groups excluding carboxylic acids is 1. The predicted octanol–water partition coefficient (Wildman–Crippen LogP) is 1.62. The molecule has 0 atom stereocenters. The molecule has 0 N–H and O–H groups in total. The van der Waals surface area contributed by atoms with Gasteiger partial charge in [0.15, 0.2) is 5.78 Å². The molecular formula is C13H18N2O2. The highest BCUT2D eigenvalue weighted by molar-refractivity contribution is 6.00. The lowest BCUT2D eigenvalue weighted by molar-refractivity contribution is 0.101. The zero-order valence-corrected chi connectivity index (χ0v) is 10.8. The van der Waals surface area contributed by atoms with Gasteiger partial charge in [-0.25, -0.2) is 0 Å². The van der Waals surface area contributed by atoms with Crippen molar-refractivity contribution < 1.29 is 4.79 Å². The number of hydrogen-bond acceptors (Lipinski definition) is 3. The zero-order chi connectivity index (χ0) is 12.7. The lowest BCUT2D eigenvalue weighted by atomic mass is 9.96. The van der Waals surface area contributed by atoms with Gasteiger partial charge in [-0.2, -0.15) is 0 Å². The monoisotopic (exact) mass is 234 g/mol. The van der Waals surface area contributed by atoms with Gasteiger partial charge in [-0.3, -0.25) is 14.2 Å². The molecule has 0 amide bonds. The van der Waals surface area contributed by atoms with Gasteiger partial charge in [-0.05, 0) is 18.4 Å². The molecule has 17 heavy (non-hydrogen) atoms. The highest BCUT2D eigenvalue weighted by Gasteiger charge is 2.26. The Labute approximate surface area is 101 Å². The molecule has 1 aliphatic rings. The molecule has 0 aromatic carbocycles. The molecule has 0 radical (unpaired) electrons. The highest BCUT2D eigenvalue weighted by atomic mass is 16.1. The van der Waals surface area contributed by atoms with Crippen LogP contribution >= 0.6 is 0 Å².